The van der Waals surface area contributed by atoms with E-state index < -0.39 is 0 Å². The van der Waals surface area contributed by atoms with Crippen LogP contribution in [0.1, 0.15) is 29.7 Å². The maximum atomic E-state index is 13.3. The van der Waals surface area contributed by atoms with Crippen molar-refractivity contribution in [1.29, 1.82) is 0 Å². The van der Waals surface area contributed by atoms with Crippen molar-refractivity contribution in [3.63, 3.8) is 0 Å². The first kappa shape index (κ1) is 12.0. The number of rotatable bonds is 1. The molecule has 1 aliphatic rings. The minimum atomic E-state index is -0.336. The highest BCUT2D eigenvalue weighted by molar-refractivity contribution is 5.40. The number of phenols is 1. The fraction of sp³-hybridized carbons (Fsp3) is 0.200. The summed E-state index contributed by atoms with van der Waals surface area (Å²) < 4.78 is 19.1. The molecule has 2 aromatic rings. The van der Waals surface area contributed by atoms with E-state index in [2.05, 4.69) is 0 Å². The molecule has 3 nitrogen and oxygen atoms in total. The minimum Gasteiger partial charge on any atom is -0.508 e. The highest BCUT2D eigenvalue weighted by Crippen LogP contribution is 2.40. The largest absolute Gasteiger partial charge is 0.508 e. The Balaban J connectivity index is 1.93. The molecule has 0 aromatic heterocycles. The molecule has 0 spiro atoms. The van der Waals surface area contributed by atoms with Gasteiger partial charge in [-0.3, -0.25) is 0 Å². The van der Waals surface area contributed by atoms with E-state index >= 15 is 0 Å². The number of aromatic hydroxyl groups is 1. The van der Waals surface area contributed by atoms with Gasteiger partial charge in [-0.2, -0.15) is 0 Å². The summed E-state index contributed by atoms with van der Waals surface area (Å²) >= 11 is 0. The Labute approximate surface area is 110 Å². The first-order chi connectivity index (χ1) is 9.13. The standard InChI is InChI=1S/C15H14FNO2/c16-10-3-6-12-13(17)8-14(19-15(12)7-10)9-1-4-11(18)5-2-9/h1-7,13-14,18H,8,17H2/t13-,14?/m1/s1. The van der Waals surface area contributed by atoms with Crippen molar-refractivity contribution in [2.75, 3.05) is 0 Å². The van der Waals surface area contributed by atoms with Crippen LogP contribution in [0.4, 0.5) is 4.39 Å². The van der Waals surface area contributed by atoms with Gasteiger partial charge in [0.2, 0.25) is 0 Å². The molecule has 2 atom stereocenters. The van der Waals surface area contributed by atoms with Crippen molar-refractivity contribution in [2.45, 2.75) is 18.6 Å². The van der Waals surface area contributed by atoms with E-state index in [1.165, 1.54) is 12.1 Å². The molecule has 0 radical (unpaired) electrons. The number of ether oxygens (including phenoxy) is 1. The Morgan fingerprint density at radius 2 is 1.89 bits per heavy atom. The second-order valence-electron chi connectivity index (χ2n) is 4.72. The zero-order valence-corrected chi connectivity index (χ0v) is 10.2. The number of hydrogen-bond acceptors (Lipinski definition) is 3. The third-order valence-electron chi connectivity index (χ3n) is 3.38. The molecule has 98 valence electrons. The lowest BCUT2D eigenvalue weighted by molar-refractivity contribution is 0.160. The average molecular weight is 259 g/mol. The molecule has 2 aromatic carbocycles. The highest BCUT2D eigenvalue weighted by Gasteiger charge is 2.27. The average Bonchev–Trinajstić information content (AvgIpc) is 2.38. The fourth-order valence-electron chi connectivity index (χ4n) is 2.37. The van der Waals surface area contributed by atoms with Crippen molar-refractivity contribution in [3.8, 4) is 11.5 Å². The van der Waals surface area contributed by atoms with Crippen LogP contribution >= 0.6 is 0 Å². The van der Waals surface area contributed by atoms with Gasteiger partial charge in [0.05, 0.1) is 0 Å². The third kappa shape index (κ3) is 2.27. The molecule has 3 N–H and O–H groups in total. The van der Waals surface area contributed by atoms with E-state index in [9.17, 15) is 9.50 Å². The summed E-state index contributed by atoms with van der Waals surface area (Å²) in [5, 5.41) is 9.29. The second-order valence-corrected chi connectivity index (χ2v) is 4.72. The Hall–Kier alpha value is -2.07. The van der Waals surface area contributed by atoms with Crippen LogP contribution in [0, 0.1) is 5.82 Å². The molecule has 19 heavy (non-hydrogen) atoms. The highest BCUT2D eigenvalue weighted by atomic mass is 19.1. The molecule has 1 heterocycles. The maximum absolute atomic E-state index is 13.3. The van der Waals surface area contributed by atoms with Crippen molar-refractivity contribution in [3.05, 3.63) is 59.4 Å². The van der Waals surface area contributed by atoms with Crippen molar-refractivity contribution in [2.24, 2.45) is 5.73 Å². The van der Waals surface area contributed by atoms with Crippen molar-refractivity contribution < 1.29 is 14.2 Å². The Bertz CT molecular complexity index is 598. The maximum Gasteiger partial charge on any atom is 0.127 e. The molecule has 0 saturated heterocycles. The fourth-order valence-corrected chi connectivity index (χ4v) is 2.37. The predicted octanol–water partition coefficient (Wildman–Crippen LogP) is 3.05. The van der Waals surface area contributed by atoms with Crippen molar-refractivity contribution >= 4 is 0 Å². The summed E-state index contributed by atoms with van der Waals surface area (Å²) in [7, 11) is 0. The van der Waals surface area contributed by atoms with Crippen LogP contribution in [0.2, 0.25) is 0 Å². The first-order valence-corrected chi connectivity index (χ1v) is 6.14. The molecule has 3 rings (SSSR count). The molecule has 0 aliphatic carbocycles. The zero-order valence-electron chi connectivity index (χ0n) is 10.2. The molecule has 1 aliphatic heterocycles. The van der Waals surface area contributed by atoms with E-state index in [0.717, 1.165) is 11.1 Å². The summed E-state index contributed by atoms with van der Waals surface area (Å²) in [4.78, 5) is 0. The Morgan fingerprint density at radius 1 is 1.16 bits per heavy atom. The lowest BCUT2D eigenvalue weighted by Gasteiger charge is -2.30. The van der Waals surface area contributed by atoms with Crippen LogP contribution in [-0.2, 0) is 0 Å². The monoisotopic (exact) mass is 259 g/mol. The van der Waals surface area contributed by atoms with Gasteiger partial charge in [0.25, 0.3) is 0 Å². The van der Waals surface area contributed by atoms with Gasteiger partial charge < -0.3 is 15.6 Å². The summed E-state index contributed by atoms with van der Waals surface area (Å²) in [6.07, 6.45) is 0.411. The number of halogens is 1. The number of hydrogen-bond donors (Lipinski definition) is 2. The van der Waals surface area contributed by atoms with Crippen LogP contribution < -0.4 is 10.5 Å². The van der Waals surface area contributed by atoms with E-state index in [1.54, 1.807) is 30.3 Å². The lowest BCUT2D eigenvalue weighted by Crippen LogP contribution is -2.24. The molecule has 1 unspecified atom stereocenters. The predicted molar refractivity (Wildman–Crippen MR) is 69.4 cm³/mol. The number of nitrogens with two attached hydrogens (primary N) is 1. The van der Waals surface area contributed by atoms with E-state index in [1.807, 2.05) is 0 Å². The van der Waals surface area contributed by atoms with Crippen LogP contribution in [0.3, 0.4) is 0 Å². The summed E-state index contributed by atoms with van der Waals surface area (Å²) in [6, 6.07) is 11.0. The molecular formula is C15H14FNO2. The lowest BCUT2D eigenvalue weighted by atomic mass is 9.93. The summed E-state index contributed by atoms with van der Waals surface area (Å²) in [5.41, 5.74) is 7.85. The van der Waals surface area contributed by atoms with Gasteiger partial charge in [-0.25, -0.2) is 4.39 Å². The molecule has 4 heteroatoms. The van der Waals surface area contributed by atoms with Gasteiger partial charge in [-0.1, -0.05) is 18.2 Å². The Morgan fingerprint density at radius 3 is 2.63 bits per heavy atom. The van der Waals surface area contributed by atoms with Gasteiger partial charge in [-0.05, 0) is 23.8 Å². The number of benzene rings is 2. The normalized spacial score (nSPS) is 21.6. The summed E-state index contributed by atoms with van der Waals surface area (Å²) in [5.74, 6) is 0.365. The molecule has 0 amide bonds. The van der Waals surface area contributed by atoms with Crippen LogP contribution in [0.25, 0.3) is 0 Å². The van der Waals surface area contributed by atoms with Crippen LogP contribution in [-0.4, -0.2) is 5.11 Å². The summed E-state index contributed by atoms with van der Waals surface area (Å²) in [6.45, 7) is 0. The third-order valence-corrected chi connectivity index (χ3v) is 3.38. The zero-order chi connectivity index (χ0) is 13.4. The number of phenolic OH excluding ortho intramolecular Hbond substituents is 1. The van der Waals surface area contributed by atoms with Gasteiger partial charge in [0, 0.05) is 24.1 Å². The molecule has 0 saturated carbocycles. The van der Waals surface area contributed by atoms with E-state index in [4.69, 9.17) is 10.5 Å². The SMILES string of the molecule is N[C@@H]1CC(c2ccc(O)cc2)Oc2cc(F)ccc21. The first-order valence-electron chi connectivity index (χ1n) is 6.14. The molecule has 0 fully saturated rings. The topological polar surface area (TPSA) is 55.5 Å². The Kier molecular flexibility index (Phi) is 2.87. The number of fused-ring (bicyclic) bond motifs is 1. The van der Waals surface area contributed by atoms with Gasteiger partial charge in [0.1, 0.15) is 23.4 Å². The molecular weight excluding hydrogens is 245 g/mol. The van der Waals surface area contributed by atoms with Crippen molar-refractivity contribution in [1.82, 2.24) is 0 Å². The van der Waals surface area contributed by atoms with Gasteiger partial charge >= 0.3 is 0 Å². The smallest absolute Gasteiger partial charge is 0.127 e. The second kappa shape index (κ2) is 4.55. The minimum absolute atomic E-state index is 0.178. The van der Waals surface area contributed by atoms with Crippen LogP contribution in [0.15, 0.2) is 42.5 Å². The van der Waals surface area contributed by atoms with Gasteiger partial charge in [0.15, 0.2) is 0 Å². The quantitative estimate of drug-likeness (QED) is 0.827. The van der Waals surface area contributed by atoms with E-state index in [-0.39, 0.29) is 23.7 Å². The van der Waals surface area contributed by atoms with Gasteiger partial charge in [-0.15, -0.1) is 0 Å². The van der Waals surface area contributed by atoms with E-state index in [0.29, 0.717) is 12.2 Å². The molecule has 0 bridgehead atoms. The van der Waals surface area contributed by atoms with Crippen LogP contribution in [0.5, 0.6) is 11.5 Å².